The van der Waals surface area contributed by atoms with Gasteiger partial charge in [0.15, 0.2) is 0 Å². The Labute approximate surface area is 88.3 Å². The molecule has 1 aromatic carbocycles. The van der Waals surface area contributed by atoms with Crippen LogP contribution >= 0.6 is 0 Å². The minimum absolute atomic E-state index is 0.581. The number of ether oxygens (including phenoxy) is 1. The van der Waals surface area contributed by atoms with Crippen molar-refractivity contribution in [3.05, 3.63) is 24.3 Å². The molecule has 0 spiro atoms. The predicted molar refractivity (Wildman–Crippen MR) is 60.3 cm³/mol. The highest BCUT2D eigenvalue weighted by Gasteiger charge is 2.06. The van der Waals surface area contributed by atoms with Gasteiger partial charge in [0.05, 0.1) is 17.5 Å². The van der Waals surface area contributed by atoms with E-state index in [9.17, 15) is 0 Å². The average Bonchev–Trinajstić information content (AvgIpc) is 2.29. The van der Waals surface area contributed by atoms with Crippen molar-refractivity contribution in [1.82, 2.24) is 9.97 Å². The van der Waals surface area contributed by atoms with Crippen LogP contribution < -0.4 is 10.1 Å². The summed E-state index contributed by atoms with van der Waals surface area (Å²) >= 11 is 0. The topological polar surface area (TPSA) is 47.0 Å². The SMILES string of the molecule is CCOc1nc(NC)nc2ccccc12. The Morgan fingerprint density at radius 2 is 2.07 bits per heavy atom. The standard InChI is InChI=1S/C11H13N3O/c1-3-15-10-8-6-4-5-7-9(8)13-11(12-2)14-10/h4-7H,3H2,1-2H3,(H,12,13,14). The molecule has 4 heteroatoms. The second kappa shape index (κ2) is 4.13. The van der Waals surface area contributed by atoms with Gasteiger partial charge in [-0.3, -0.25) is 0 Å². The summed E-state index contributed by atoms with van der Waals surface area (Å²) in [4.78, 5) is 8.60. The van der Waals surface area contributed by atoms with Gasteiger partial charge in [-0.05, 0) is 19.1 Å². The molecule has 0 amide bonds. The Hall–Kier alpha value is -1.84. The molecule has 0 aliphatic heterocycles. The van der Waals surface area contributed by atoms with Gasteiger partial charge < -0.3 is 10.1 Å². The van der Waals surface area contributed by atoms with Crippen molar-refractivity contribution in [2.24, 2.45) is 0 Å². The number of para-hydroxylation sites is 1. The van der Waals surface area contributed by atoms with Crippen molar-refractivity contribution in [3.63, 3.8) is 0 Å². The zero-order valence-electron chi connectivity index (χ0n) is 8.82. The lowest BCUT2D eigenvalue weighted by Crippen LogP contribution is -2.01. The van der Waals surface area contributed by atoms with Crippen LogP contribution in [0, 0.1) is 0 Å². The first-order chi connectivity index (χ1) is 7.35. The molecule has 0 aliphatic rings. The van der Waals surface area contributed by atoms with Gasteiger partial charge in [0.1, 0.15) is 0 Å². The molecule has 0 unspecified atom stereocenters. The van der Waals surface area contributed by atoms with Crippen LogP contribution in [0.15, 0.2) is 24.3 Å². The van der Waals surface area contributed by atoms with Crippen LogP contribution in [0.4, 0.5) is 5.95 Å². The highest BCUT2D eigenvalue weighted by Crippen LogP contribution is 2.23. The van der Waals surface area contributed by atoms with Crippen LogP contribution in [0.2, 0.25) is 0 Å². The average molecular weight is 203 g/mol. The summed E-state index contributed by atoms with van der Waals surface area (Å²) < 4.78 is 5.47. The number of hydrogen-bond acceptors (Lipinski definition) is 4. The van der Waals surface area contributed by atoms with E-state index in [1.807, 2.05) is 31.2 Å². The molecule has 1 N–H and O–H groups in total. The summed E-state index contributed by atoms with van der Waals surface area (Å²) in [6, 6.07) is 7.80. The van der Waals surface area contributed by atoms with Crippen molar-refractivity contribution < 1.29 is 4.74 Å². The molecule has 78 valence electrons. The van der Waals surface area contributed by atoms with Gasteiger partial charge in [0.25, 0.3) is 0 Å². The molecule has 0 bridgehead atoms. The lowest BCUT2D eigenvalue weighted by molar-refractivity contribution is 0.331. The third-order valence-electron chi connectivity index (χ3n) is 2.07. The predicted octanol–water partition coefficient (Wildman–Crippen LogP) is 2.07. The van der Waals surface area contributed by atoms with E-state index in [1.54, 1.807) is 7.05 Å². The Balaban J connectivity index is 2.63. The number of benzene rings is 1. The number of hydrogen-bond donors (Lipinski definition) is 1. The van der Waals surface area contributed by atoms with Crippen LogP contribution in [0.5, 0.6) is 5.88 Å². The highest BCUT2D eigenvalue weighted by molar-refractivity contribution is 5.84. The van der Waals surface area contributed by atoms with Crippen molar-refractivity contribution in [3.8, 4) is 5.88 Å². The van der Waals surface area contributed by atoms with E-state index in [-0.39, 0.29) is 0 Å². The van der Waals surface area contributed by atoms with Gasteiger partial charge in [-0.25, -0.2) is 4.98 Å². The van der Waals surface area contributed by atoms with E-state index >= 15 is 0 Å². The Morgan fingerprint density at radius 1 is 1.27 bits per heavy atom. The number of nitrogens with one attached hydrogen (secondary N) is 1. The Morgan fingerprint density at radius 3 is 2.80 bits per heavy atom. The van der Waals surface area contributed by atoms with E-state index in [2.05, 4.69) is 15.3 Å². The molecule has 4 nitrogen and oxygen atoms in total. The maximum atomic E-state index is 5.47. The molecule has 0 saturated heterocycles. The zero-order chi connectivity index (χ0) is 10.7. The summed E-state index contributed by atoms with van der Waals surface area (Å²) in [5.74, 6) is 1.21. The molecule has 0 saturated carbocycles. The Kier molecular flexibility index (Phi) is 2.67. The molecular formula is C11H13N3O. The molecule has 2 rings (SSSR count). The summed E-state index contributed by atoms with van der Waals surface area (Å²) in [7, 11) is 1.79. The molecule has 0 radical (unpaired) electrons. The van der Waals surface area contributed by atoms with E-state index in [0.717, 1.165) is 10.9 Å². The number of anilines is 1. The molecule has 1 aromatic heterocycles. The monoisotopic (exact) mass is 203 g/mol. The van der Waals surface area contributed by atoms with Crippen molar-refractivity contribution in [2.75, 3.05) is 19.0 Å². The molecule has 0 aliphatic carbocycles. The third-order valence-corrected chi connectivity index (χ3v) is 2.07. The van der Waals surface area contributed by atoms with Crippen LogP contribution in [0.3, 0.4) is 0 Å². The maximum absolute atomic E-state index is 5.47. The van der Waals surface area contributed by atoms with Gasteiger partial charge in [-0.2, -0.15) is 4.98 Å². The lowest BCUT2D eigenvalue weighted by Gasteiger charge is -2.07. The van der Waals surface area contributed by atoms with Gasteiger partial charge in [-0.1, -0.05) is 12.1 Å². The number of rotatable bonds is 3. The first-order valence-electron chi connectivity index (χ1n) is 4.92. The van der Waals surface area contributed by atoms with Gasteiger partial charge in [-0.15, -0.1) is 0 Å². The molecule has 0 fully saturated rings. The maximum Gasteiger partial charge on any atom is 0.226 e. The fraction of sp³-hybridized carbons (Fsp3) is 0.273. The summed E-state index contributed by atoms with van der Waals surface area (Å²) in [6.07, 6.45) is 0. The van der Waals surface area contributed by atoms with Gasteiger partial charge in [0, 0.05) is 7.05 Å². The summed E-state index contributed by atoms with van der Waals surface area (Å²) in [5, 5.41) is 3.86. The molecule has 0 atom stereocenters. The van der Waals surface area contributed by atoms with Crippen LogP contribution in [0.25, 0.3) is 10.9 Å². The van der Waals surface area contributed by atoms with Crippen LogP contribution in [-0.4, -0.2) is 23.6 Å². The van der Waals surface area contributed by atoms with Crippen molar-refractivity contribution in [2.45, 2.75) is 6.92 Å². The largest absolute Gasteiger partial charge is 0.477 e. The van der Waals surface area contributed by atoms with E-state index in [1.165, 1.54) is 0 Å². The number of fused-ring (bicyclic) bond motifs is 1. The Bertz CT molecular complexity index is 470. The van der Waals surface area contributed by atoms with Gasteiger partial charge in [0.2, 0.25) is 11.8 Å². The minimum Gasteiger partial charge on any atom is -0.477 e. The highest BCUT2D eigenvalue weighted by atomic mass is 16.5. The second-order valence-electron chi connectivity index (χ2n) is 3.05. The van der Waals surface area contributed by atoms with E-state index in [0.29, 0.717) is 18.4 Å². The van der Waals surface area contributed by atoms with Crippen LogP contribution in [-0.2, 0) is 0 Å². The molecule has 15 heavy (non-hydrogen) atoms. The van der Waals surface area contributed by atoms with E-state index in [4.69, 9.17) is 4.74 Å². The van der Waals surface area contributed by atoms with Crippen molar-refractivity contribution >= 4 is 16.9 Å². The second-order valence-corrected chi connectivity index (χ2v) is 3.05. The lowest BCUT2D eigenvalue weighted by atomic mass is 10.2. The molecular weight excluding hydrogens is 190 g/mol. The fourth-order valence-corrected chi connectivity index (χ4v) is 1.41. The number of aromatic nitrogens is 2. The summed E-state index contributed by atoms with van der Waals surface area (Å²) in [5.41, 5.74) is 0.889. The fourth-order valence-electron chi connectivity index (χ4n) is 1.41. The smallest absolute Gasteiger partial charge is 0.226 e. The third kappa shape index (κ3) is 1.83. The van der Waals surface area contributed by atoms with Crippen molar-refractivity contribution in [1.29, 1.82) is 0 Å². The van der Waals surface area contributed by atoms with Gasteiger partial charge >= 0.3 is 0 Å². The number of nitrogens with zero attached hydrogens (tertiary/aromatic N) is 2. The molecule has 1 heterocycles. The van der Waals surface area contributed by atoms with E-state index < -0.39 is 0 Å². The van der Waals surface area contributed by atoms with Crippen LogP contribution in [0.1, 0.15) is 6.92 Å². The normalized spacial score (nSPS) is 10.3. The first-order valence-corrected chi connectivity index (χ1v) is 4.92. The minimum atomic E-state index is 0.581. The molecule has 2 aromatic rings. The quantitative estimate of drug-likeness (QED) is 0.829. The zero-order valence-corrected chi connectivity index (χ0v) is 8.82. The first kappa shape index (κ1) is 9.71. The summed E-state index contributed by atoms with van der Waals surface area (Å²) in [6.45, 7) is 2.54.